The van der Waals surface area contributed by atoms with Crippen molar-refractivity contribution < 1.29 is 9.32 Å². The maximum absolute atomic E-state index is 12.7. The van der Waals surface area contributed by atoms with E-state index in [1.165, 1.54) is 9.71 Å². The molecule has 1 atom stereocenters. The van der Waals surface area contributed by atoms with Crippen molar-refractivity contribution in [2.45, 2.75) is 45.1 Å². The summed E-state index contributed by atoms with van der Waals surface area (Å²) in [7, 11) is 0. The molecule has 0 radical (unpaired) electrons. The number of fused-ring (bicyclic) bond motifs is 1. The van der Waals surface area contributed by atoms with Crippen molar-refractivity contribution in [3.05, 3.63) is 40.1 Å². The Labute approximate surface area is 172 Å². The van der Waals surface area contributed by atoms with Crippen molar-refractivity contribution >= 4 is 44.9 Å². The summed E-state index contributed by atoms with van der Waals surface area (Å²) < 4.78 is 6.20. The minimum absolute atomic E-state index is 0.0242. The molecular formula is C20H23ClN4O2S. The Morgan fingerprint density at radius 1 is 1.39 bits per heavy atom. The second kappa shape index (κ2) is 8.19. The number of nitrogens with one attached hydrogen (secondary N) is 1. The van der Waals surface area contributed by atoms with E-state index in [1.54, 1.807) is 24.3 Å². The monoisotopic (exact) mass is 418 g/mol. The van der Waals surface area contributed by atoms with E-state index >= 15 is 0 Å². The minimum atomic E-state index is -0.160. The maximum Gasteiger partial charge on any atom is 0.242 e. The number of carbonyl (C=O) groups is 1. The molecule has 1 N–H and O–H groups in total. The molecule has 1 aromatic carbocycles. The predicted octanol–water partition coefficient (Wildman–Crippen LogP) is 4.84. The number of likely N-dealkylation sites (tertiary alicyclic amines) is 1. The van der Waals surface area contributed by atoms with Crippen LogP contribution in [0.15, 0.2) is 28.8 Å². The van der Waals surface area contributed by atoms with Gasteiger partial charge in [-0.2, -0.15) is 0 Å². The Balaban J connectivity index is 1.39. The fourth-order valence-corrected chi connectivity index (χ4v) is 5.08. The lowest BCUT2D eigenvalue weighted by molar-refractivity contribution is -0.121. The lowest BCUT2D eigenvalue weighted by Crippen LogP contribution is -2.47. The van der Waals surface area contributed by atoms with Crippen molar-refractivity contribution in [2.24, 2.45) is 0 Å². The Hall–Kier alpha value is -1.96. The molecule has 3 aromatic rings. The number of halogens is 1. The summed E-state index contributed by atoms with van der Waals surface area (Å²) in [5, 5.41) is 8.62. The van der Waals surface area contributed by atoms with Crippen LogP contribution in [0.1, 0.15) is 42.9 Å². The van der Waals surface area contributed by atoms with Crippen LogP contribution in [0.3, 0.4) is 0 Å². The molecule has 1 unspecified atom stereocenters. The van der Waals surface area contributed by atoms with Gasteiger partial charge in [0.15, 0.2) is 5.82 Å². The van der Waals surface area contributed by atoms with Gasteiger partial charge in [0.1, 0.15) is 5.76 Å². The highest BCUT2D eigenvalue weighted by atomic mass is 35.5. The molecule has 0 bridgehead atoms. The number of aryl methyl sites for hydroxylation is 1. The van der Waals surface area contributed by atoms with Crippen molar-refractivity contribution in [1.29, 1.82) is 0 Å². The number of rotatable bonds is 5. The minimum Gasteiger partial charge on any atom is -0.360 e. The third-order valence-electron chi connectivity index (χ3n) is 5.25. The number of piperidine rings is 1. The number of aromatic nitrogens is 2. The van der Waals surface area contributed by atoms with Crippen LogP contribution < -0.4 is 5.32 Å². The third kappa shape index (κ3) is 4.06. The van der Waals surface area contributed by atoms with Crippen LogP contribution in [0.25, 0.3) is 10.2 Å². The van der Waals surface area contributed by atoms with E-state index in [0.29, 0.717) is 17.5 Å². The molecule has 1 aliphatic rings. The fraction of sp³-hybridized carbons (Fsp3) is 0.450. The quantitative estimate of drug-likeness (QED) is 0.641. The number of amides is 1. The fourth-order valence-electron chi connectivity index (χ4n) is 3.80. The van der Waals surface area contributed by atoms with E-state index in [-0.39, 0.29) is 11.9 Å². The summed E-state index contributed by atoms with van der Waals surface area (Å²) in [5.74, 6) is 1.57. The summed E-state index contributed by atoms with van der Waals surface area (Å²) in [4.78, 5) is 19.8. The molecule has 8 heteroatoms. The maximum atomic E-state index is 12.7. The normalized spacial score (nSPS) is 17.1. The third-order valence-corrected chi connectivity index (χ3v) is 6.69. The van der Waals surface area contributed by atoms with Crippen LogP contribution in [0.5, 0.6) is 0 Å². The Kier molecular flexibility index (Phi) is 5.66. The number of benzene rings is 1. The first-order valence-corrected chi connectivity index (χ1v) is 10.8. The summed E-state index contributed by atoms with van der Waals surface area (Å²) in [6.45, 7) is 5.61. The summed E-state index contributed by atoms with van der Waals surface area (Å²) in [5.41, 5.74) is 0.976. The van der Waals surface area contributed by atoms with E-state index in [1.807, 2.05) is 25.1 Å². The molecule has 0 spiro atoms. The van der Waals surface area contributed by atoms with Crippen molar-refractivity contribution in [3.63, 3.8) is 0 Å². The molecule has 1 aliphatic heterocycles. The number of nitrogens with zero attached hydrogens (tertiary/aromatic N) is 3. The predicted molar refractivity (Wildman–Crippen MR) is 112 cm³/mol. The molecule has 0 saturated carbocycles. The first kappa shape index (κ1) is 19.4. The lowest BCUT2D eigenvalue weighted by Gasteiger charge is -2.35. The highest BCUT2D eigenvalue weighted by Gasteiger charge is 2.30. The second-order valence-corrected chi connectivity index (χ2v) is 8.71. The molecule has 2 aromatic heterocycles. The smallest absolute Gasteiger partial charge is 0.242 e. The van der Waals surface area contributed by atoms with Gasteiger partial charge < -0.3 is 9.84 Å². The number of anilines is 1. The molecule has 1 amide bonds. The van der Waals surface area contributed by atoms with Gasteiger partial charge >= 0.3 is 0 Å². The van der Waals surface area contributed by atoms with Gasteiger partial charge in [-0.05, 0) is 57.5 Å². The average Bonchev–Trinajstić information content (AvgIpc) is 3.28. The Morgan fingerprint density at radius 2 is 2.18 bits per heavy atom. The zero-order chi connectivity index (χ0) is 19.7. The average molecular weight is 419 g/mol. The number of carbonyl (C=O) groups excluding carboxylic acids is 1. The van der Waals surface area contributed by atoms with E-state index in [2.05, 4.69) is 15.4 Å². The molecule has 0 aliphatic carbocycles. The Morgan fingerprint density at radius 3 is 2.86 bits per heavy atom. The standard InChI is InChI=1S/C20H23ClN4O2S/c1-3-16(19(26)23-18-10-12(2)27-24-18)25-8-6-13(7-9-25)20-22-15-11-14(21)4-5-17(15)28-20/h4-5,10-11,13,16H,3,6-9H2,1-2H3,(H,23,24,26). The zero-order valence-electron chi connectivity index (χ0n) is 15.9. The van der Waals surface area contributed by atoms with Crippen LogP contribution in [-0.4, -0.2) is 40.1 Å². The van der Waals surface area contributed by atoms with E-state index < -0.39 is 0 Å². The van der Waals surface area contributed by atoms with Crippen LogP contribution in [-0.2, 0) is 4.79 Å². The molecule has 4 rings (SSSR count). The van der Waals surface area contributed by atoms with Gasteiger partial charge in [0.25, 0.3) is 0 Å². The van der Waals surface area contributed by atoms with Gasteiger partial charge in [-0.25, -0.2) is 4.98 Å². The highest BCUT2D eigenvalue weighted by Crippen LogP contribution is 2.35. The van der Waals surface area contributed by atoms with E-state index in [4.69, 9.17) is 21.1 Å². The van der Waals surface area contributed by atoms with E-state index in [9.17, 15) is 4.79 Å². The molecular weight excluding hydrogens is 396 g/mol. The topological polar surface area (TPSA) is 71.3 Å². The van der Waals surface area contributed by atoms with Gasteiger partial charge in [-0.1, -0.05) is 23.7 Å². The van der Waals surface area contributed by atoms with Crippen molar-refractivity contribution in [3.8, 4) is 0 Å². The first-order chi connectivity index (χ1) is 13.5. The summed E-state index contributed by atoms with van der Waals surface area (Å²) in [6.07, 6.45) is 2.76. The van der Waals surface area contributed by atoms with Gasteiger partial charge in [0, 0.05) is 17.0 Å². The van der Waals surface area contributed by atoms with Crippen LogP contribution in [0.2, 0.25) is 5.02 Å². The SMILES string of the molecule is CCC(C(=O)Nc1cc(C)on1)N1CCC(c2nc3cc(Cl)ccc3s2)CC1. The van der Waals surface area contributed by atoms with Crippen molar-refractivity contribution in [2.75, 3.05) is 18.4 Å². The molecule has 28 heavy (non-hydrogen) atoms. The number of hydrogen-bond donors (Lipinski definition) is 1. The second-order valence-electron chi connectivity index (χ2n) is 7.21. The molecule has 1 saturated heterocycles. The first-order valence-electron chi connectivity index (χ1n) is 9.57. The highest BCUT2D eigenvalue weighted by molar-refractivity contribution is 7.18. The zero-order valence-corrected chi connectivity index (χ0v) is 17.5. The van der Waals surface area contributed by atoms with Crippen LogP contribution in [0.4, 0.5) is 5.82 Å². The summed E-state index contributed by atoms with van der Waals surface area (Å²) >= 11 is 7.83. The molecule has 6 nitrogen and oxygen atoms in total. The number of thiazole rings is 1. The van der Waals surface area contributed by atoms with E-state index in [0.717, 1.165) is 42.9 Å². The molecule has 3 heterocycles. The number of hydrogen-bond acceptors (Lipinski definition) is 6. The molecule has 1 fully saturated rings. The van der Waals surface area contributed by atoms with Crippen LogP contribution in [0, 0.1) is 6.92 Å². The van der Waals surface area contributed by atoms with Gasteiger partial charge in [-0.3, -0.25) is 9.69 Å². The lowest BCUT2D eigenvalue weighted by atomic mass is 9.95. The van der Waals surface area contributed by atoms with Gasteiger partial charge in [0.05, 0.1) is 21.3 Å². The van der Waals surface area contributed by atoms with Gasteiger partial charge in [-0.15, -0.1) is 11.3 Å². The largest absolute Gasteiger partial charge is 0.360 e. The molecule has 148 valence electrons. The van der Waals surface area contributed by atoms with Crippen LogP contribution >= 0.6 is 22.9 Å². The van der Waals surface area contributed by atoms with Gasteiger partial charge in [0.2, 0.25) is 5.91 Å². The van der Waals surface area contributed by atoms with Crippen molar-refractivity contribution in [1.82, 2.24) is 15.0 Å². The summed E-state index contributed by atoms with van der Waals surface area (Å²) in [6, 6.07) is 7.45. The Bertz CT molecular complexity index is 978.